The van der Waals surface area contributed by atoms with Crippen molar-refractivity contribution in [1.82, 2.24) is 19.5 Å². The Morgan fingerprint density at radius 1 is 1.04 bits per heavy atom. The average molecular weight is 357 g/mol. The molecular formula is C22H23N5. The quantitative estimate of drug-likeness (QED) is 0.531. The van der Waals surface area contributed by atoms with Crippen LogP contribution in [0.15, 0.2) is 67.1 Å². The van der Waals surface area contributed by atoms with E-state index < -0.39 is 0 Å². The molecule has 0 aliphatic carbocycles. The third-order valence-electron chi connectivity index (χ3n) is 4.68. The predicted octanol–water partition coefficient (Wildman–Crippen LogP) is 4.94. The van der Waals surface area contributed by atoms with Gasteiger partial charge in [-0.3, -0.25) is 4.57 Å². The summed E-state index contributed by atoms with van der Waals surface area (Å²) < 4.78 is 2.01. The smallest absolute Gasteiger partial charge is 0.225 e. The number of nitrogens with one attached hydrogen (secondary N) is 1. The molecule has 0 spiro atoms. The second kappa shape index (κ2) is 7.58. The van der Waals surface area contributed by atoms with Crippen molar-refractivity contribution in [2.45, 2.75) is 32.7 Å². The first kappa shape index (κ1) is 17.2. The highest BCUT2D eigenvalue weighted by atomic mass is 15.2. The fourth-order valence-corrected chi connectivity index (χ4v) is 3.26. The summed E-state index contributed by atoms with van der Waals surface area (Å²) in [7, 11) is 0. The number of imidazole rings is 1. The standard InChI is InChI=1S/C22H23N5/c1-3-7-17-10-11-20-19(14-17)24-15-27(20)21-12-13-23-22(26-21)25-16(2)18-8-5-4-6-9-18/h4-6,8-16H,3,7H2,1-2H3,(H,23,25,26)/t16-/m0/s1. The Bertz CT molecular complexity index is 1040. The molecule has 2 aromatic heterocycles. The van der Waals surface area contributed by atoms with E-state index >= 15 is 0 Å². The van der Waals surface area contributed by atoms with Gasteiger partial charge in [0.15, 0.2) is 0 Å². The van der Waals surface area contributed by atoms with Crippen LogP contribution in [-0.2, 0) is 6.42 Å². The SMILES string of the molecule is CCCc1ccc2c(c1)ncn2-c1ccnc(N[C@@H](C)c2ccccc2)n1. The molecule has 1 atom stereocenters. The van der Waals surface area contributed by atoms with E-state index in [1.807, 2.05) is 35.2 Å². The second-order valence-corrected chi connectivity index (χ2v) is 6.70. The van der Waals surface area contributed by atoms with Crippen LogP contribution in [0.1, 0.15) is 37.4 Å². The summed E-state index contributed by atoms with van der Waals surface area (Å²) in [5, 5.41) is 3.38. The van der Waals surface area contributed by atoms with E-state index in [0.717, 1.165) is 29.7 Å². The number of nitrogens with zero attached hydrogens (tertiary/aromatic N) is 4. The number of rotatable bonds is 6. The number of aryl methyl sites for hydroxylation is 1. The Kier molecular flexibility index (Phi) is 4.83. The van der Waals surface area contributed by atoms with Crippen molar-refractivity contribution in [3.05, 3.63) is 78.2 Å². The van der Waals surface area contributed by atoms with Gasteiger partial charge < -0.3 is 5.32 Å². The predicted molar refractivity (Wildman–Crippen MR) is 109 cm³/mol. The van der Waals surface area contributed by atoms with Gasteiger partial charge in [0.2, 0.25) is 5.95 Å². The zero-order chi connectivity index (χ0) is 18.6. The van der Waals surface area contributed by atoms with Crippen molar-refractivity contribution in [2.75, 3.05) is 5.32 Å². The van der Waals surface area contributed by atoms with E-state index in [1.165, 1.54) is 11.1 Å². The average Bonchev–Trinajstić information content (AvgIpc) is 3.12. The van der Waals surface area contributed by atoms with Gasteiger partial charge in [-0.2, -0.15) is 4.98 Å². The van der Waals surface area contributed by atoms with Crippen LogP contribution in [0.2, 0.25) is 0 Å². The van der Waals surface area contributed by atoms with Crippen molar-refractivity contribution in [3.8, 4) is 5.82 Å². The maximum Gasteiger partial charge on any atom is 0.225 e. The first-order valence-corrected chi connectivity index (χ1v) is 9.35. The Hall–Kier alpha value is -3.21. The molecule has 2 aromatic carbocycles. The molecule has 0 bridgehead atoms. The van der Waals surface area contributed by atoms with Crippen LogP contribution in [0.3, 0.4) is 0 Å². The van der Waals surface area contributed by atoms with E-state index in [4.69, 9.17) is 4.98 Å². The highest BCUT2D eigenvalue weighted by Gasteiger charge is 2.10. The van der Waals surface area contributed by atoms with E-state index in [2.05, 4.69) is 59.5 Å². The Morgan fingerprint density at radius 2 is 1.89 bits per heavy atom. The fourth-order valence-electron chi connectivity index (χ4n) is 3.26. The molecule has 4 aromatic rings. The molecule has 0 unspecified atom stereocenters. The van der Waals surface area contributed by atoms with Gasteiger partial charge in [0.1, 0.15) is 12.1 Å². The van der Waals surface area contributed by atoms with E-state index in [9.17, 15) is 0 Å². The first-order valence-electron chi connectivity index (χ1n) is 9.35. The Labute approximate surface area is 159 Å². The summed E-state index contributed by atoms with van der Waals surface area (Å²) in [4.78, 5) is 13.6. The lowest BCUT2D eigenvalue weighted by molar-refractivity contribution is 0.854. The molecule has 27 heavy (non-hydrogen) atoms. The normalized spacial score (nSPS) is 12.2. The topological polar surface area (TPSA) is 55.6 Å². The monoisotopic (exact) mass is 357 g/mol. The number of benzene rings is 2. The van der Waals surface area contributed by atoms with Crippen LogP contribution in [0.4, 0.5) is 5.95 Å². The van der Waals surface area contributed by atoms with Gasteiger partial charge in [-0.15, -0.1) is 0 Å². The third kappa shape index (κ3) is 3.67. The van der Waals surface area contributed by atoms with Crippen molar-refractivity contribution in [2.24, 2.45) is 0 Å². The largest absolute Gasteiger partial charge is 0.348 e. The zero-order valence-electron chi connectivity index (χ0n) is 15.6. The van der Waals surface area contributed by atoms with E-state index in [1.54, 1.807) is 6.20 Å². The summed E-state index contributed by atoms with van der Waals surface area (Å²) >= 11 is 0. The van der Waals surface area contributed by atoms with Gasteiger partial charge in [0, 0.05) is 6.20 Å². The van der Waals surface area contributed by atoms with Crippen LogP contribution < -0.4 is 5.32 Å². The van der Waals surface area contributed by atoms with Crippen molar-refractivity contribution in [1.29, 1.82) is 0 Å². The highest BCUT2D eigenvalue weighted by molar-refractivity contribution is 5.77. The van der Waals surface area contributed by atoms with E-state index in [-0.39, 0.29) is 6.04 Å². The lowest BCUT2D eigenvalue weighted by Crippen LogP contribution is -2.10. The summed E-state index contributed by atoms with van der Waals surface area (Å²) in [6.07, 6.45) is 5.81. The summed E-state index contributed by atoms with van der Waals surface area (Å²) in [5.41, 5.74) is 4.56. The number of hydrogen-bond acceptors (Lipinski definition) is 4. The molecular weight excluding hydrogens is 334 g/mol. The van der Waals surface area contributed by atoms with Gasteiger partial charge in [0.05, 0.1) is 17.1 Å². The number of anilines is 1. The van der Waals surface area contributed by atoms with Crippen molar-refractivity contribution < 1.29 is 0 Å². The summed E-state index contributed by atoms with van der Waals surface area (Å²) in [6, 6.07) is 18.8. The lowest BCUT2D eigenvalue weighted by atomic mass is 10.1. The Balaban J connectivity index is 1.62. The van der Waals surface area contributed by atoms with Crippen LogP contribution >= 0.6 is 0 Å². The first-order chi connectivity index (χ1) is 13.2. The molecule has 0 radical (unpaired) electrons. The van der Waals surface area contributed by atoms with Gasteiger partial charge in [0.25, 0.3) is 0 Å². The summed E-state index contributed by atoms with van der Waals surface area (Å²) in [5.74, 6) is 1.41. The molecule has 0 amide bonds. The molecule has 0 fully saturated rings. The fraction of sp³-hybridized carbons (Fsp3) is 0.227. The minimum absolute atomic E-state index is 0.123. The van der Waals surface area contributed by atoms with Crippen LogP contribution in [0, 0.1) is 0 Å². The van der Waals surface area contributed by atoms with E-state index in [0.29, 0.717) is 5.95 Å². The molecule has 5 heteroatoms. The van der Waals surface area contributed by atoms with Gasteiger partial charge >= 0.3 is 0 Å². The minimum atomic E-state index is 0.123. The van der Waals surface area contributed by atoms with Gasteiger partial charge in [-0.1, -0.05) is 49.7 Å². The minimum Gasteiger partial charge on any atom is -0.348 e. The molecule has 0 saturated carbocycles. The van der Waals surface area contributed by atoms with Crippen molar-refractivity contribution >= 4 is 17.0 Å². The number of fused-ring (bicyclic) bond motifs is 1. The number of aromatic nitrogens is 4. The molecule has 1 N–H and O–H groups in total. The second-order valence-electron chi connectivity index (χ2n) is 6.70. The highest BCUT2D eigenvalue weighted by Crippen LogP contribution is 2.21. The lowest BCUT2D eigenvalue weighted by Gasteiger charge is -2.14. The van der Waals surface area contributed by atoms with Crippen molar-refractivity contribution in [3.63, 3.8) is 0 Å². The Morgan fingerprint density at radius 3 is 2.70 bits per heavy atom. The molecule has 5 nitrogen and oxygen atoms in total. The molecule has 136 valence electrons. The molecule has 4 rings (SSSR count). The third-order valence-corrected chi connectivity index (χ3v) is 4.68. The summed E-state index contributed by atoms with van der Waals surface area (Å²) in [6.45, 7) is 4.29. The maximum absolute atomic E-state index is 4.69. The van der Waals surface area contributed by atoms with Crippen LogP contribution in [0.5, 0.6) is 0 Å². The molecule has 2 heterocycles. The molecule has 0 aliphatic rings. The van der Waals surface area contributed by atoms with Gasteiger partial charge in [-0.05, 0) is 42.7 Å². The van der Waals surface area contributed by atoms with Gasteiger partial charge in [-0.25, -0.2) is 9.97 Å². The zero-order valence-corrected chi connectivity index (χ0v) is 15.6. The number of hydrogen-bond donors (Lipinski definition) is 1. The molecule has 0 saturated heterocycles. The van der Waals surface area contributed by atoms with Crippen LogP contribution in [0.25, 0.3) is 16.9 Å². The molecule has 0 aliphatic heterocycles. The van der Waals surface area contributed by atoms with Crippen LogP contribution in [-0.4, -0.2) is 19.5 Å². The maximum atomic E-state index is 4.69.